The second kappa shape index (κ2) is 6.65. The highest BCUT2D eigenvalue weighted by Crippen LogP contribution is 2.16. The summed E-state index contributed by atoms with van der Waals surface area (Å²) in [6.07, 6.45) is 4.79. The number of aliphatic hydroxyl groups is 1. The molecule has 0 amide bonds. The predicted octanol–water partition coefficient (Wildman–Crippen LogP) is 1.33. The molecule has 0 bridgehead atoms. The molecule has 1 saturated heterocycles. The van der Waals surface area contributed by atoms with Crippen molar-refractivity contribution >= 4 is 5.82 Å². The van der Waals surface area contributed by atoms with Gasteiger partial charge in [-0.2, -0.15) is 0 Å². The van der Waals surface area contributed by atoms with Crippen LogP contribution in [0.3, 0.4) is 0 Å². The van der Waals surface area contributed by atoms with Crippen molar-refractivity contribution in [1.82, 2.24) is 14.9 Å². The number of hydrogen-bond donors (Lipinski definition) is 1. The normalized spacial score (nSPS) is 17.7. The second-order valence-electron chi connectivity index (χ2n) is 5.28. The molecule has 1 aliphatic rings. The standard InChI is InChI=1S/C16H20N4O/c21-15(14-4-2-1-3-5-14)13-19-8-10-20(11-9-19)16-12-17-6-7-18-16/h1-7,12,15,21H,8-11,13H2. The van der Waals surface area contributed by atoms with Gasteiger partial charge in [0, 0.05) is 45.1 Å². The van der Waals surface area contributed by atoms with Crippen LogP contribution in [0.15, 0.2) is 48.9 Å². The average Bonchev–Trinajstić information content (AvgIpc) is 2.57. The molecule has 1 fully saturated rings. The Hall–Kier alpha value is -1.98. The van der Waals surface area contributed by atoms with Gasteiger partial charge in [0.05, 0.1) is 12.3 Å². The maximum atomic E-state index is 10.3. The van der Waals surface area contributed by atoms with Gasteiger partial charge in [-0.15, -0.1) is 0 Å². The van der Waals surface area contributed by atoms with Crippen molar-refractivity contribution in [3.8, 4) is 0 Å². The molecule has 1 aromatic carbocycles. The van der Waals surface area contributed by atoms with E-state index in [1.165, 1.54) is 0 Å². The van der Waals surface area contributed by atoms with Crippen LogP contribution in [-0.4, -0.2) is 52.7 Å². The Morgan fingerprint density at radius 2 is 1.81 bits per heavy atom. The quantitative estimate of drug-likeness (QED) is 0.918. The van der Waals surface area contributed by atoms with Gasteiger partial charge >= 0.3 is 0 Å². The number of benzene rings is 1. The van der Waals surface area contributed by atoms with E-state index < -0.39 is 6.10 Å². The van der Waals surface area contributed by atoms with Crippen molar-refractivity contribution < 1.29 is 5.11 Å². The summed E-state index contributed by atoms with van der Waals surface area (Å²) in [5.74, 6) is 0.931. The lowest BCUT2D eigenvalue weighted by molar-refractivity contribution is 0.109. The first kappa shape index (κ1) is 14.0. The summed E-state index contributed by atoms with van der Waals surface area (Å²) in [7, 11) is 0. The summed E-state index contributed by atoms with van der Waals surface area (Å²) >= 11 is 0. The lowest BCUT2D eigenvalue weighted by Crippen LogP contribution is -2.47. The summed E-state index contributed by atoms with van der Waals surface area (Å²) in [5, 5.41) is 10.3. The summed E-state index contributed by atoms with van der Waals surface area (Å²) < 4.78 is 0. The molecule has 1 aliphatic heterocycles. The molecule has 5 nitrogen and oxygen atoms in total. The van der Waals surface area contributed by atoms with Crippen molar-refractivity contribution in [1.29, 1.82) is 0 Å². The number of piperazine rings is 1. The number of anilines is 1. The molecule has 0 saturated carbocycles. The zero-order chi connectivity index (χ0) is 14.5. The summed E-state index contributed by atoms with van der Waals surface area (Å²) in [6, 6.07) is 9.84. The molecule has 1 atom stereocenters. The fourth-order valence-electron chi connectivity index (χ4n) is 2.64. The molecule has 2 heterocycles. The Morgan fingerprint density at radius 3 is 2.48 bits per heavy atom. The van der Waals surface area contributed by atoms with E-state index in [2.05, 4.69) is 19.8 Å². The Morgan fingerprint density at radius 1 is 1.05 bits per heavy atom. The molecule has 1 aromatic heterocycles. The van der Waals surface area contributed by atoms with Crippen LogP contribution in [0.1, 0.15) is 11.7 Å². The Bertz CT molecular complexity index is 541. The molecule has 5 heteroatoms. The Balaban J connectivity index is 1.52. The third kappa shape index (κ3) is 3.56. The number of β-amino-alcohol motifs (C(OH)–C–C–N with tert-alkyl or cyclic N) is 1. The summed E-state index contributed by atoms with van der Waals surface area (Å²) in [5.41, 5.74) is 0.980. The lowest BCUT2D eigenvalue weighted by atomic mass is 10.1. The van der Waals surface area contributed by atoms with Gasteiger partial charge in [-0.3, -0.25) is 9.88 Å². The maximum Gasteiger partial charge on any atom is 0.147 e. The van der Waals surface area contributed by atoms with Gasteiger partial charge in [0.1, 0.15) is 5.82 Å². The van der Waals surface area contributed by atoms with Gasteiger partial charge in [0.15, 0.2) is 0 Å². The maximum absolute atomic E-state index is 10.3. The van der Waals surface area contributed by atoms with Crippen LogP contribution in [0, 0.1) is 0 Å². The van der Waals surface area contributed by atoms with Crippen molar-refractivity contribution in [3.63, 3.8) is 0 Å². The number of nitrogens with zero attached hydrogens (tertiary/aromatic N) is 4. The first-order valence-corrected chi connectivity index (χ1v) is 7.29. The second-order valence-corrected chi connectivity index (χ2v) is 5.28. The SMILES string of the molecule is OC(CN1CCN(c2cnccn2)CC1)c1ccccc1. The Kier molecular flexibility index (Phi) is 4.43. The number of hydrogen-bond acceptors (Lipinski definition) is 5. The molecule has 1 N–H and O–H groups in total. The molecule has 3 rings (SSSR count). The van der Waals surface area contributed by atoms with E-state index in [4.69, 9.17) is 0 Å². The predicted molar refractivity (Wildman–Crippen MR) is 82.1 cm³/mol. The van der Waals surface area contributed by atoms with Crippen molar-refractivity contribution in [3.05, 3.63) is 54.5 Å². The first-order valence-electron chi connectivity index (χ1n) is 7.29. The highest BCUT2D eigenvalue weighted by Gasteiger charge is 2.20. The topological polar surface area (TPSA) is 52.5 Å². The molecule has 110 valence electrons. The largest absolute Gasteiger partial charge is 0.387 e. The zero-order valence-electron chi connectivity index (χ0n) is 12.0. The van der Waals surface area contributed by atoms with E-state index in [0.29, 0.717) is 6.54 Å². The van der Waals surface area contributed by atoms with Crippen LogP contribution in [0.5, 0.6) is 0 Å². The molecule has 1 unspecified atom stereocenters. The molecular formula is C16H20N4O. The van der Waals surface area contributed by atoms with Crippen LogP contribution in [0.2, 0.25) is 0 Å². The molecule has 0 aliphatic carbocycles. The van der Waals surface area contributed by atoms with Gasteiger partial charge < -0.3 is 10.0 Å². The summed E-state index contributed by atoms with van der Waals surface area (Å²) in [4.78, 5) is 13.0. The molecule has 21 heavy (non-hydrogen) atoms. The highest BCUT2D eigenvalue weighted by atomic mass is 16.3. The van der Waals surface area contributed by atoms with Gasteiger partial charge in [0.25, 0.3) is 0 Å². The fourth-order valence-corrected chi connectivity index (χ4v) is 2.64. The number of rotatable bonds is 4. The van der Waals surface area contributed by atoms with E-state index in [1.54, 1.807) is 18.6 Å². The van der Waals surface area contributed by atoms with Gasteiger partial charge in [0.2, 0.25) is 0 Å². The first-order chi connectivity index (χ1) is 10.3. The van der Waals surface area contributed by atoms with Crippen LogP contribution >= 0.6 is 0 Å². The van der Waals surface area contributed by atoms with Gasteiger partial charge in [-0.25, -0.2) is 4.98 Å². The monoisotopic (exact) mass is 284 g/mol. The smallest absolute Gasteiger partial charge is 0.147 e. The van der Waals surface area contributed by atoms with Crippen molar-refractivity contribution in [2.75, 3.05) is 37.6 Å². The van der Waals surface area contributed by atoms with Crippen LogP contribution < -0.4 is 4.90 Å². The fraction of sp³-hybridized carbons (Fsp3) is 0.375. The van der Waals surface area contributed by atoms with Crippen LogP contribution in [-0.2, 0) is 0 Å². The van der Waals surface area contributed by atoms with Crippen molar-refractivity contribution in [2.24, 2.45) is 0 Å². The molecule has 0 radical (unpaired) electrons. The third-order valence-electron chi connectivity index (χ3n) is 3.86. The minimum atomic E-state index is -0.422. The van der Waals surface area contributed by atoms with E-state index >= 15 is 0 Å². The van der Waals surface area contributed by atoms with E-state index in [0.717, 1.165) is 37.6 Å². The highest BCUT2D eigenvalue weighted by molar-refractivity contribution is 5.35. The van der Waals surface area contributed by atoms with E-state index in [9.17, 15) is 5.11 Å². The minimum absolute atomic E-state index is 0.422. The Labute approximate surface area is 124 Å². The summed E-state index contributed by atoms with van der Waals surface area (Å²) in [6.45, 7) is 4.37. The minimum Gasteiger partial charge on any atom is -0.387 e. The van der Waals surface area contributed by atoms with E-state index in [-0.39, 0.29) is 0 Å². The van der Waals surface area contributed by atoms with Crippen molar-refractivity contribution in [2.45, 2.75) is 6.10 Å². The van der Waals surface area contributed by atoms with Crippen LogP contribution in [0.4, 0.5) is 5.82 Å². The molecular weight excluding hydrogens is 264 g/mol. The lowest BCUT2D eigenvalue weighted by Gasteiger charge is -2.36. The van der Waals surface area contributed by atoms with Crippen LogP contribution in [0.25, 0.3) is 0 Å². The zero-order valence-corrected chi connectivity index (χ0v) is 12.0. The molecule has 2 aromatic rings. The third-order valence-corrected chi connectivity index (χ3v) is 3.86. The molecule has 0 spiro atoms. The average molecular weight is 284 g/mol. The van der Waals surface area contributed by atoms with Gasteiger partial charge in [-0.1, -0.05) is 30.3 Å². The number of aromatic nitrogens is 2. The van der Waals surface area contributed by atoms with E-state index in [1.807, 2.05) is 30.3 Å². The number of aliphatic hydroxyl groups excluding tert-OH is 1. The van der Waals surface area contributed by atoms with Gasteiger partial charge in [-0.05, 0) is 5.56 Å².